The molecule has 5 rings (SSSR count). The Morgan fingerprint density at radius 2 is 1.71 bits per heavy atom. The molecule has 3 aromatic rings. The fourth-order valence-electron chi connectivity index (χ4n) is 4.39. The highest BCUT2D eigenvalue weighted by atomic mass is 16.5. The number of benzene rings is 3. The van der Waals surface area contributed by atoms with E-state index in [1.807, 2.05) is 83.5 Å². The molecule has 2 amide bonds. The molecule has 1 heterocycles. The van der Waals surface area contributed by atoms with E-state index in [-0.39, 0.29) is 17.7 Å². The summed E-state index contributed by atoms with van der Waals surface area (Å²) in [5, 5.41) is 0. The van der Waals surface area contributed by atoms with Crippen molar-refractivity contribution in [3.63, 3.8) is 0 Å². The summed E-state index contributed by atoms with van der Waals surface area (Å²) >= 11 is 0. The number of anilines is 1. The van der Waals surface area contributed by atoms with E-state index in [1.54, 1.807) is 0 Å². The molecule has 2 aliphatic rings. The van der Waals surface area contributed by atoms with Gasteiger partial charge in [0.1, 0.15) is 12.4 Å². The van der Waals surface area contributed by atoms with Crippen molar-refractivity contribution in [2.75, 3.05) is 18.1 Å². The third-order valence-corrected chi connectivity index (χ3v) is 6.53. The van der Waals surface area contributed by atoms with Gasteiger partial charge in [0, 0.05) is 23.7 Å². The van der Waals surface area contributed by atoms with Crippen LogP contribution >= 0.6 is 0 Å². The maximum atomic E-state index is 13.1. The Labute approximate surface area is 201 Å². The third kappa shape index (κ3) is 5.14. The second kappa shape index (κ2) is 9.72. The summed E-state index contributed by atoms with van der Waals surface area (Å²) in [5.41, 5.74) is 5.14. The maximum Gasteiger partial charge on any atom is 0.230 e. The molecular formula is C29H30N2O3. The number of hydrogen-bond donors (Lipinski definition) is 0. The van der Waals surface area contributed by atoms with Crippen molar-refractivity contribution >= 4 is 17.5 Å². The Kier molecular flexibility index (Phi) is 6.35. The second-order valence-corrected chi connectivity index (χ2v) is 9.30. The summed E-state index contributed by atoms with van der Waals surface area (Å²) in [7, 11) is 0. The summed E-state index contributed by atoms with van der Waals surface area (Å²) in [6, 6.07) is 24.1. The quantitative estimate of drug-likeness (QED) is 0.532. The number of aryl methyl sites for hydroxylation is 1. The summed E-state index contributed by atoms with van der Waals surface area (Å²) in [5.74, 6) is 1.24. The van der Waals surface area contributed by atoms with Crippen LogP contribution in [0.3, 0.4) is 0 Å². The first-order valence-electron chi connectivity index (χ1n) is 12.0. The van der Waals surface area contributed by atoms with E-state index < -0.39 is 0 Å². The minimum atomic E-state index is 0.0977. The van der Waals surface area contributed by atoms with Gasteiger partial charge in [0.05, 0.1) is 19.5 Å². The Morgan fingerprint density at radius 1 is 0.971 bits per heavy atom. The van der Waals surface area contributed by atoms with E-state index in [0.717, 1.165) is 41.0 Å². The van der Waals surface area contributed by atoms with Crippen molar-refractivity contribution < 1.29 is 14.3 Å². The lowest BCUT2D eigenvalue weighted by molar-refractivity contribution is -0.131. The van der Waals surface area contributed by atoms with Gasteiger partial charge in [0.2, 0.25) is 11.8 Å². The van der Waals surface area contributed by atoms with Gasteiger partial charge in [-0.05, 0) is 55.2 Å². The lowest BCUT2D eigenvalue weighted by atomic mass is 10.1. The maximum absolute atomic E-state index is 13.1. The zero-order valence-electron chi connectivity index (χ0n) is 19.6. The van der Waals surface area contributed by atoms with Gasteiger partial charge in [-0.25, -0.2) is 0 Å². The third-order valence-electron chi connectivity index (χ3n) is 6.53. The predicted octanol–water partition coefficient (Wildman–Crippen LogP) is 4.90. The Balaban J connectivity index is 1.34. The van der Waals surface area contributed by atoms with Gasteiger partial charge in [0.25, 0.3) is 0 Å². The van der Waals surface area contributed by atoms with E-state index in [2.05, 4.69) is 6.07 Å². The van der Waals surface area contributed by atoms with Gasteiger partial charge in [-0.2, -0.15) is 0 Å². The molecule has 0 N–H and O–H groups in total. The average Bonchev–Trinajstić information content (AvgIpc) is 3.71. The molecular weight excluding hydrogens is 424 g/mol. The standard InChI is InChI=1S/C29H30N2O3/c1-21-7-9-22(10-8-21)18-28(32)30-15-16-34-27-14-11-23(17-25(27)20-30)19-31(29(33)24-12-13-24)26-5-3-2-4-6-26/h2-11,14,17,24H,12-13,15-16,18-20H2,1H3. The number of fused-ring (bicyclic) bond motifs is 1. The largest absolute Gasteiger partial charge is 0.491 e. The van der Waals surface area contributed by atoms with Crippen molar-refractivity contribution in [2.24, 2.45) is 5.92 Å². The number of carbonyl (C=O) groups is 2. The van der Waals surface area contributed by atoms with E-state index in [0.29, 0.717) is 32.7 Å². The second-order valence-electron chi connectivity index (χ2n) is 9.30. The molecule has 0 bridgehead atoms. The van der Waals surface area contributed by atoms with Crippen molar-refractivity contribution in [1.82, 2.24) is 4.90 Å². The summed E-state index contributed by atoms with van der Waals surface area (Å²) < 4.78 is 5.96. The normalized spacial score (nSPS) is 15.1. The molecule has 174 valence electrons. The molecule has 3 aromatic carbocycles. The number of hydrogen-bond acceptors (Lipinski definition) is 3. The minimum Gasteiger partial charge on any atom is -0.491 e. The molecule has 0 unspecified atom stereocenters. The number of ether oxygens (including phenoxy) is 1. The molecule has 0 radical (unpaired) electrons. The Hall–Kier alpha value is -3.60. The number of para-hydroxylation sites is 1. The number of carbonyl (C=O) groups excluding carboxylic acids is 2. The van der Waals surface area contributed by atoms with Crippen LogP contribution in [0, 0.1) is 12.8 Å². The molecule has 0 saturated heterocycles. The van der Waals surface area contributed by atoms with E-state index in [1.165, 1.54) is 5.56 Å². The van der Waals surface area contributed by atoms with Crippen LogP contribution in [-0.2, 0) is 29.1 Å². The van der Waals surface area contributed by atoms with Crippen LogP contribution in [0.25, 0.3) is 0 Å². The fourth-order valence-corrected chi connectivity index (χ4v) is 4.39. The zero-order valence-corrected chi connectivity index (χ0v) is 19.6. The van der Waals surface area contributed by atoms with Crippen LogP contribution < -0.4 is 9.64 Å². The van der Waals surface area contributed by atoms with Gasteiger partial charge in [-0.1, -0.05) is 54.1 Å². The van der Waals surface area contributed by atoms with Crippen LogP contribution in [0.15, 0.2) is 72.8 Å². The van der Waals surface area contributed by atoms with Crippen LogP contribution in [0.2, 0.25) is 0 Å². The summed E-state index contributed by atoms with van der Waals surface area (Å²) in [6.45, 7) is 4.09. The van der Waals surface area contributed by atoms with Gasteiger partial charge in [-0.3, -0.25) is 9.59 Å². The summed E-state index contributed by atoms with van der Waals surface area (Å²) in [6.07, 6.45) is 2.32. The number of nitrogens with zero attached hydrogens (tertiary/aromatic N) is 2. The van der Waals surface area contributed by atoms with E-state index >= 15 is 0 Å². The number of rotatable bonds is 6. The van der Waals surface area contributed by atoms with Crippen LogP contribution in [0.4, 0.5) is 5.69 Å². The SMILES string of the molecule is Cc1ccc(CC(=O)N2CCOc3ccc(CN(C(=O)C4CC4)c4ccccc4)cc3C2)cc1. The topological polar surface area (TPSA) is 49.9 Å². The Bertz CT molecular complexity index is 1170. The first-order valence-corrected chi connectivity index (χ1v) is 12.0. The highest BCUT2D eigenvalue weighted by Crippen LogP contribution is 2.34. The summed E-state index contributed by atoms with van der Waals surface area (Å²) in [4.78, 5) is 29.9. The van der Waals surface area contributed by atoms with Crippen molar-refractivity contribution in [3.8, 4) is 5.75 Å². The van der Waals surface area contributed by atoms with E-state index in [4.69, 9.17) is 4.74 Å². The molecule has 5 nitrogen and oxygen atoms in total. The molecule has 1 aliphatic heterocycles. The monoisotopic (exact) mass is 454 g/mol. The van der Waals surface area contributed by atoms with Gasteiger partial charge in [-0.15, -0.1) is 0 Å². The van der Waals surface area contributed by atoms with Crippen LogP contribution in [-0.4, -0.2) is 29.9 Å². The minimum absolute atomic E-state index is 0.0977. The first kappa shape index (κ1) is 22.2. The molecule has 0 aromatic heterocycles. The van der Waals surface area contributed by atoms with Crippen molar-refractivity contribution in [3.05, 3.63) is 95.1 Å². The fraction of sp³-hybridized carbons (Fsp3) is 0.310. The smallest absolute Gasteiger partial charge is 0.230 e. The molecule has 0 spiro atoms. The molecule has 5 heteroatoms. The lowest BCUT2D eigenvalue weighted by Gasteiger charge is -2.24. The highest BCUT2D eigenvalue weighted by Gasteiger charge is 2.34. The number of amides is 2. The van der Waals surface area contributed by atoms with Crippen LogP contribution in [0.1, 0.15) is 35.1 Å². The van der Waals surface area contributed by atoms with Gasteiger partial charge in [0.15, 0.2) is 0 Å². The molecule has 0 atom stereocenters. The van der Waals surface area contributed by atoms with Crippen molar-refractivity contribution in [1.29, 1.82) is 0 Å². The molecule has 1 fully saturated rings. The molecule has 1 aliphatic carbocycles. The molecule has 1 saturated carbocycles. The van der Waals surface area contributed by atoms with Crippen molar-refractivity contribution in [2.45, 2.75) is 39.3 Å². The first-order chi connectivity index (χ1) is 16.6. The van der Waals surface area contributed by atoms with Gasteiger partial charge < -0.3 is 14.5 Å². The highest BCUT2D eigenvalue weighted by molar-refractivity contribution is 5.96. The van der Waals surface area contributed by atoms with Crippen LogP contribution in [0.5, 0.6) is 5.75 Å². The lowest BCUT2D eigenvalue weighted by Crippen LogP contribution is -2.33. The van der Waals surface area contributed by atoms with E-state index in [9.17, 15) is 9.59 Å². The predicted molar refractivity (Wildman–Crippen MR) is 133 cm³/mol. The molecule has 34 heavy (non-hydrogen) atoms. The zero-order chi connectivity index (χ0) is 23.5. The average molecular weight is 455 g/mol. The van der Waals surface area contributed by atoms with Gasteiger partial charge >= 0.3 is 0 Å². The Morgan fingerprint density at radius 3 is 2.44 bits per heavy atom.